The summed E-state index contributed by atoms with van der Waals surface area (Å²) in [5.74, 6) is 0.0573. The number of nitrogens with one attached hydrogen (secondary N) is 4. The van der Waals surface area contributed by atoms with Gasteiger partial charge in [-0.05, 0) is 6.92 Å². The first-order valence-electron chi connectivity index (χ1n) is 5.61. The van der Waals surface area contributed by atoms with E-state index in [4.69, 9.17) is 0 Å². The van der Waals surface area contributed by atoms with Crippen LogP contribution in [-0.2, 0) is 0 Å². The van der Waals surface area contributed by atoms with Gasteiger partial charge < -0.3 is 10.6 Å². The van der Waals surface area contributed by atoms with Crippen LogP contribution in [0.4, 0.5) is 5.95 Å². The van der Waals surface area contributed by atoms with Crippen molar-refractivity contribution in [3.8, 4) is 0 Å². The van der Waals surface area contributed by atoms with Gasteiger partial charge in [-0.1, -0.05) is 0 Å². The highest BCUT2D eigenvalue weighted by Crippen LogP contribution is 1.94. The third-order valence-electron chi connectivity index (χ3n) is 2.22. The molecular formula is C10H13N7O2. The molecular weight excluding hydrogens is 250 g/mol. The Bertz CT molecular complexity index is 605. The summed E-state index contributed by atoms with van der Waals surface area (Å²) in [5, 5.41) is 15.1. The van der Waals surface area contributed by atoms with Crippen molar-refractivity contribution in [2.24, 2.45) is 0 Å². The number of H-pyrrole nitrogens is 2. The average molecular weight is 263 g/mol. The van der Waals surface area contributed by atoms with Crippen LogP contribution in [-0.4, -0.2) is 44.4 Å². The quantitative estimate of drug-likeness (QED) is 0.514. The van der Waals surface area contributed by atoms with E-state index in [0.29, 0.717) is 24.7 Å². The topological polar surface area (TPSA) is 128 Å². The average Bonchev–Trinajstić information content (AvgIpc) is 2.87. The second-order valence-electron chi connectivity index (χ2n) is 3.77. The molecule has 0 saturated heterocycles. The number of rotatable bonds is 5. The van der Waals surface area contributed by atoms with Crippen molar-refractivity contribution in [2.45, 2.75) is 6.92 Å². The Balaban J connectivity index is 1.78. The Morgan fingerprint density at radius 3 is 2.95 bits per heavy atom. The summed E-state index contributed by atoms with van der Waals surface area (Å²) >= 11 is 0. The van der Waals surface area contributed by atoms with Gasteiger partial charge in [0.2, 0.25) is 5.95 Å². The first kappa shape index (κ1) is 12.7. The third-order valence-corrected chi connectivity index (χ3v) is 2.22. The van der Waals surface area contributed by atoms with E-state index in [2.05, 4.69) is 36.0 Å². The first-order valence-corrected chi connectivity index (χ1v) is 5.61. The molecule has 0 radical (unpaired) electrons. The lowest BCUT2D eigenvalue weighted by atomic mass is 10.4. The number of amides is 1. The van der Waals surface area contributed by atoms with Crippen molar-refractivity contribution in [3.63, 3.8) is 0 Å². The highest BCUT2D eigenvalue weighted by atomic mass is 16.2. The number of aryl methyl sites for hydroxylation is 1. The van der Waals surface area contributed by atoms with E-state index in [1.807, 2.05) is 0 Å². The van der Waals surface area contributed by atoms with Crippen molar-refractivity contribution < 1.29 is 4.79 Å². The van der Waals surface area contributed by atoms with Gasteiger partial charge in [0, 0.05) is 24.8 Å². The standard InChI is InChI=1S/C10H13N7O2/c1-6-4-8(18)15-10(14-6)12-3-2-11-9(19)7-5-13-17-16-7/h4-5H,2-3H2,1H3,(H,11,19)(H,13,16,17)(H2,12,14,15,18). The zero-order chi connectivity index (χ0) is 13.7. The summed E-state index contributed by atoms with van der Waals surface area (Å²) in [6.45, 7) is 2.52. The van der Waals surface area contributed by atoms with Gasteiger partial charge in [-0.25, -0.2) is 4.98 Å². The van der Waals surface area contributed by atoms with E-state index >= 15 is 0 Å². The van der Waals surface area contributed by atoms with Crippen LogP contribution >= 0.6 is 0 Å². The fourth-order valence-corrected chi connectivity index (χ4v) is 1.42. The Kier molecular flexibility index (Phi) is 3.86. The van der Waals surface area contributed by atoms with Crippen LogP contribution in [0.15, 0.2) is 17.1 Å². The van der Waals surface area contributed by atoms with Gasteiger partial charge in [0.25, 0.3) is 11.5 Å². The Morgan fingerprint density at radius 2 is 2.26 bits per heavy atom. The Labute approximate surface area is 107 Å². The molecule has 1 amide bonds. The largest absolute Gasteiger partial charge is 0.354 e. The summed E-state index contributed by atoms with van der Waals surface area (Å²) in [5.41, 5.74) is 0.626. The van der Waals surface area contributed by atoms with Gasteiger partial charge >= 0.3 is 0 Å². The number of anilines is 1. The third kappa shape index (κ3) is 3.63. The number of carbonyl (C=O) groups is 1. The predicted octanol–water partition coefficient (Wildman–Crippen LogP) is -0.962. The lowest BCUT2D eigenvalue weighted by Crippen LogP contribution is -2.29. The van der Waals surface area contributed by atoms with Gasteiger partial charge in [0.05, 0.1) is 6.20 Å². The van der Waals surface area contributed by atoms with E-state index in [-0.39, 0.29) is 17.2 Å². The lowest BCUT2D eigenvalue weighted by molar-refractivity contribution is 0.0950. The Morgan fingerprint density at radius 1 is 1.42 bits per heavy atom. The molecule has 0 fully saturated rings. The van der Waals surface area contributed by atoms with Gasteiger partial charge in [-0.2, -0.15) is 15.4 Å². The van der Waals surface area contributed by atoms with Crippen LogP contribution < -0.4 is 16.2 Å². The van der Waals surface area contributed by atoms with Gasteiger partial charge in [-0.3, -0.25) is 14.6 Å². The molecule has 4 N–H and O–H groups in total. The van der Waals surface area contributed by atoms with Crippen LogP contribution in [0.3, 0.4) is 0 Å². The number of hydrogen-bond donors (Lipinski definition) is 4. The molecule has 0 saturated carbocycles. The van der Waals surface area contributed by atoms with Gasteiger partial charge in [0.15, 0.2) is 5.69 Å². The van der Waals surface area contributed by atoms with E-state index in [9.17, 15) is 9.59 Å². The molecule has 0 aromatic carbocycles. The number of carbonyl (C=O) groups excluding carboxylic acids is 1. The summed E-state index contributed by atoms with van der Waals surface area (Å²) in [4.78, 5) is 29.3. The lowest BCUT2D eigenvalue weighted by Gasteiger charge is -2.06. The molecule has 0 aliphatic rings. The Hall–Kier alpha value is -2.71. The van der Waals surface area contributed by atoms with E-state index < -0.39 is 0 Å². The summed E-state index contributed by atoms with van der Waals surface area (Å²) in [6.07, 6.45) is 1.34. The second kappa shape index (κ2) is 5.76. The van der Waals surface area contributed by atoms with Crippen LogP contribution in [0.25, 0.3) is 0 Å². The maximum Gasteiger partial charge on any atom is 0.273 e. The van der Waals surface area contributed by atoms with Crippen molar-refractivity contribution >= 4 is 11.9 Å². The fraction of sp³-hybridized carbons (Fsp3) is 0.300. The highest BCUT2D eigenvalue weighted by molar-refractivity contribution is 5.91. The molecule has 19 heavy (non-hydrogen) atoms. The molecule has 9 heteroatoms. The zero-order valence-electron chi connectivity index (χ0n) is 10.2. The SMILES string of the molecule is Cc1cc(=O)[nH]c(NCCNC(=O)c2cn[nH]n2)n1. The minimum atomic E-state index is -0.318. The molecule has 100 valence electrons. The van der Waals surface area contributed by atoms with Crippen LogP contribution in [0.2, 0.25) is 0 Å². The number of nitrogens with zero attached hydrogens (tertiary/aromatic N) is 3. The molecule has 0 aliphatic heterocycles. The molecule has 0 bridgehead atoms. The molecule has 2 heterocycles. The summed E-state index contributed by atoms with van der Waals surface area (Å²) in [6, 6.07) is 1.40. The predicted molar refractivity (Wildman–Crippen MR) is 66.8 cm³/mol. The van der Waals surface area contributed by atoms with Crippen LogP contribution in [0.1, 0.15) is 16.2 Å². The molecule has 0 aliphatic carbocycles. The number of aromatic amines is 2. The second-order valence-corrected chi connectivity index (χ2v) is 3.77. The molecule has 2 aromatic heterocycles. The zero-order valence-corrected chi connectivity index (χ0v) is 10.2. The molecule has 2 aromatic rings. The van der Waals surface area contributed by atoms with Crippen molar-refractivity contribution in [2.75, 3.05) is 18.4 Å². The number of hydrogen-bond acceptors (Lipinski definition) is 6. The summed E-state index contributed by atoms with van der Waals surface area (Å²) < 4.78 is 0. The molecule has 0 unspecified atom stereocenters. The van der Waals surface area contributed by atoms with Gasteiger partial charge in [-0.15, -0.1) is 0 Å². The highest BCUT2D eigenvalue weighted by Gasteiger charge is 2.06. The first-order chi connectivity index (χ1) is 9.15. The van der Waals surface area contributed by atoms with Crippen LogP contribution in [0, 0.1) is 6.92 Å². The minimum Gasteiger partial charge on any atom is -0.354 e. The maximum atomic E-state index is 11.5. The fourth-order valence-electron chi connectivity index (χ4n) is 1.42. The molecule has 9 nitrogen and oxygen atoms in total. The van der Waals surface area contributed by atoms with Gasteiger partial charge in [0.1, 0.15) is 0 Å². The van der Waals surface area contributed by atoms with Crippen molar-refractivity contribution in [3.05, 3.63) is 34.0 Å². The van der Waals surface area contributed by atoms with Crippen molar-refractivity contribution in [1.82, 2.24) is 30.7 Å². The monoisotopic (exact) mass is 263 g/mol. The maximum absolute atomic E-state index is 11.5. The summed E-state index contributed by atoms with van der Waals surface area (Å²) in [7, 11) is 0. The van der Waals surface area contributed by atoms with Crippen LogP contribution in [0.5, 0.6) is 0 Å². The molecule has 0 spiro atoms. The van der Waals surface area contributed by atoms with E-state index in [1.165, 1.54) is 12.3 Å². The smallest absolute Gasteiger partial charge is 0.273 e. The number of aromatic nitrogens is 5. The molecule has 2 rings (SSSR count). The van der Waals surface area contributed by atoms with E-state index in [0.717, 1.165) is 0 Å². The minimum absolute atomic E-state index is 0.221. The normalized spacial score (nSPS) is 10.2. The van der Waals surface area contributed by atoms with E-state index in [1.54, 1.807) is 6.92 Å². The molecule has 0 atom stereocenters. The van der Waals surface area contributed by atoms with Crippen molar-refractivity contribution in [1.29, 1.82) is 0 Å².